The molecular weight excluding hydrogens is 386 g/mol. The first-order valence-electron chi connectivity index (χ1n) is 9.96. The predicted molar refractivity (Wildman–Crippen MR) is 110 cm³/mol. The molecule has 0 spiro atoms. The molecule has 9 heteroatoms. The van der Waals surface area contributed by atoms with Crippen molar-refractivity contribution >= 4 is 34.5 Å². The molecule has 9 nitrogen and oxygen atoms in total. The monoisotopic (exact) mass is 409 g/mol. The molecule has 3 heterocycles. The number of hydrogen-bond donors (Lipinski definition) is 1. The van der Waals surface area contributed by atoms with Crippen molar-refractivity contribution in [3.63, 3.8) is 0 Å². The number of esters is 1. The SMILES string of the molecule is CCOC(=O)c1cccc(NC(=O)[C@@H]2CCCN(c3ncnc4onc(C)c34)C2)c1. The van der Waals surface area contributed by atoms with Crippen molar-refractivity contribution in [1.29, 1.82) is 0 Å². The van der Waals surface area contributed by atoms with Crippen molar-refractivity contribution in [2.24, 2.45) is 5.92 Å². The Morgan fingerprint density at radius 1 is 1.33 bits per heavy atom. The molecule has 3 aromatic rings. The van der Waals surface area contributed by atoms with Gasteiger partial charge >= 0.3 is 5.97 Å². The Balaban J connectivity index is 1.48. The Morgan fingerprint density at radius 2 is 2.20 bits per heavy atom. The van der Waals surface area contributed by atoms with E-state index >= 15 is 0 Å². The number of amides is 1. The molecule has 2 aromatic heterocycles. The normalized spacial score (nSPS) is 16.5. The number of hydrogen-bond acceptors (Lipinski definition) is 8. The maximum absolute atomic E-state index is 12.9. The van der Waals surface area contributed by atoms with Crippen molar-refractivity contribution in [3.05, 3.63) is 41.9 Å². The van der Waals surface area contributed by atoms with Gasteiger partial charge in [0.15, 0.2) is 0 Å². The minimum Gasteiger partial charge on any atom is -0.462 e. The number of benzene rings is 1. The van der Waals surface area contributed by atoms with Gasteiger partial charge in [-0.05, 0) is 44.9 Å². The number of carbonyl (C=O) groups is 2. The third kappa shape index (κ3) is 3.96. The van der Waals surface area contributed by atoms with E-state index in [4.69, 9.17) is 9.26 Å². The summed E-state index contributed by atoms with van der Waals surface area (Å²) in [6.07, 6.45) is 3.08. The highest BCUT2D eigenvalue weighted by Crippen LogP contribution is 2.29. The van der Waals surface area contributed by atoms with Gasteiger partial charge in [-0.1, -0.05) is 11.2 Å². The lowest BCUT2D eigenvalue weighted by molar-refractivity contribution is -0.120. The zero-order valence-electron chi connectivity index (χ0n) is 16.9. The molecule has 0 aliphatic carbocycles. The van der Waals surface area contributed by atoms with Crippen molar-refractivity contribution < 1.29 is 18.8 Å². The molecule has 0 saturated carbocycles. The van der Waals surface area contributed by atoms with Gasteiger partial charge in [-0.3, -0.25) is 4.79 Å². The Hall–Kier alpha value is -3.49. The van der Waals surface area contributed by atoms with Crippen LogP contribution in [0.25, 0.3) is 11.1 Å². The molecule has 0 bridgehead atoms. The standard InChI is InChI=1S/C21H23N5O4/c1-3-29-21(28)14-6-4-8-16(10-14)24-19(27)15-7-5-9-26(11-15)18-17-13(2)25-30-20(17)23-12-22-18/h4,6,8,10,12,15H,3,5,7,9,11H2,1-2H3,(H,24,27)/t15-/m1/s1. The lowest BCUT2D eigenvalue weighted by Gasteiger charge is -2.33. The number of ether oxygens (including phenoxy) is 1. The molecule has 0 radical (unpaired) electrons. The van der Waals surface area contributed by atoms with Crippen molar-refractivity contribution in [1.82, 2.24) is 15.1 Å². The Bertz CT molecular complexity index is 1080. The van der Waals surface area contributed by atoms with Crippen LogP contribution in [0.3, 0.4) is 0 Å². The summed E-state index contributed by atoms with van der Waals surface area (Å²) in [6, 6.07) is 6.78. The first kappa shape index (κ1) is 19.8. The van der Waals surface area contributed by atoms with Gasteiger partial charge in [0.2, 0.25) is 5.91 Å². The van der Waals surface area contributed by atoms with Crippen molar-refractivity contribution in [2.45, 2.75) is 26.7 Å². The minimum absolute atomic E-state index is 0.0898. The molecule has 1 aromatic carbocycles. The number of nitrogens with zero attached hydrogens (tertiary/aromatic N) is 4. The molecule has 156 valence electrons. The fourth-order valence-corrected chi connectivity index (χ4v) is 3.71. The second-order valence-corrected chi connectivity index (χ2v) is 7.22. The fraction of sp³-hybridized carbons (Fsp3) is 0.381. The average Bonchev–Trinajstić information content (AvgIpc) is 3.15. The van der Waals surface area contributed by atoms with Crippen LogP contribution in [0.1, 0.15) is 35.8 Å². The Kier molecular flexibility index (Phi) is 5.60. The number of aryl methyl sites for hydroxylation is 1. The highest BCUT2D eigenvalue weighted by Gasteiger charge is 2.28. The van der Waals surface area contributed by atoms with Crippen LogP contribution in [-0.4, -0.2) is 46.7 Å². The second-order valence-electron chi connectivity index (χ2n) is 7.22. The Morgan fingerprint density at radius 3 is 3.03 bits per heavy atom. The molecule has 0 unspecified atom stereocenters. The number of rotatable bonds is 5. The van der Waals surface area contributed by atoms with E-state index in [1.165, 1.54) is 6.33 Å². The quantitative estimate of drug-likeness (QED) is 0.641. The molecule has 1 atom stereocenters. The summed E-state index contributed by atoms with van der Waals surface area (Å²) in [5, 5.41) is 7.68. The van der Waals surface area contributed by atoms with E-state index in [1.54, 1.807) is 31.2 Å². The van der Waals surface area contributed by atoms with E-state index in [0.717, 1.165) is 36.3 Å². The van der Waals surface area contributed by atoms with Crippen LogP contribution in [0, 0.1) is 12.8 Å². The molecule has 30 heavy (non-hydrogen) atoms. The zero-order valence-corrected chi connectivity index (χ0v) is 16.9. The Labute approximate surface area is 173 Å². The van der Waals surface area contributed by atoms with Crippen molar-refractivity contribution in [2.75, 3.05) is 29.9 Å². The topological polar surface area (TPSA) is 110 Å². The van der Waals surface area contributed by atoms with Gasteiger partial charge in [-0.2, -0.15) is 4.98 Å². The van der Waals surface area contributed by atoms with E-state index in [2.05, 4.69) is 25.3 Å². The maximum atomic E-state index is 12.9. The minimum atomic E-state index is -0.408. The maximum Gasteiger partial charge on any atom is 0.338 e. The van der Waals surface area contributed by atoms with Crippen LogP contribution in [-0.2, 0) is 9.53 Å². The molecule has 4 rings (SSSR count). The number of fused-ring (bicyclic) bond motifs is 1. The zero-order chi connectivity index (χ0) is 21.1. The van der Waals surface area contributed by atoms with E-state index in [9.17, 15) is 9.59 Å². The summed E-state index contributed by atoms with van der Waals surface area (Å²) in [6.45, 7) is 5.22. The summed E-state index contributed by atoms with van der Waals surface area (Å²) in [7, 11) is 0. The molecule has 1 aliphatic heterocycles. The van der Waals surface area contributed by atoms with Gasteiger partial charge in [0.05, 0.1) is 23.8 Å². The number of carbonyl (C=O) groups excluding carboxylic acids is 2. The van der Waals surface area contributed by atoms with Gasteiger partial charge in [0, 0.05) is 18.8 Å². The van der Waals surface area contributed by atoms with Crippen LogP contribution in [0.4, 0.5) is 11.5 Å². The van der Waals surface area contributed by atoms with E-state index in [1.807, 2.05) is 6.92 Å². The van der Waals surface area contributed by atoms with E-state index in [-0.39, 0.29) is 11.8 Å². The molecule has 1 aliphatic rings. The molecule has 1 N–H and O–H groups in total. The van der Waals surface area contributed by atoms with Gasteiger partial charge < -0.3 is 19.5 Å². The summed E-state index contributed by atoms with van der Waals surface area (Å²) in [5.41, 5.74) is 2.15. The number of nitrogens with one attached hydrogen (secondary N) is 1. The second kappa shape index (κ2) is 8.48. The number of anilines is 2. The highest BCUT2D eigenvalue weighted by molar-refractivity contribution is 5.96. The number of aromatic nitrogens is 3. The summed E-state index contributed by atoms with van der Waals surface area (Å²) < 4.78 is 10.3. The van der Waals surface area contributed by atoms with Gasteiger partial charge in [0.25, 0.3) is 5.71 Å². The van der Waals surface area contributed by atoms with Gasteiger partial charge in [-0.15, -0.1) is 0 Å². The first-order valence-corrected chi connectivity index (χ1v) is 9.96. The summed E-state index contributed by atoms with van der Waals surface area (Å²) >= 11 is 0. The first-order chi connectivity index (χ1) is 14.6. The molecule has 1 saturated heterocycles. The van der Waals surface area contributed by atoms with Crippen molar-refractivity contribution in [3.8, 4) is 0 Å². The lowest BCUT2D eigenvalue weighted by Crippen LogP contribution is -2.41. The van der Waals surface area contributed by atoms with E-state index < -0.39 is 5.97 Å². The molecular formula is C21H23N5O4. The third-order valence-electron chi connectivity index (χ3n) is 5.16. The predicted octanol–water partition coefficient (Wildman–Crippen LogP) is 2.96. The van der Waals surface area contributed by atoms with Gasteiger partial charge in [-0.25, -0.2) is 9.78 Å². The highest BCUT2D eigenvalue weighted by atomic mass is 16.5. The average molecular weight is 409 g/mol. The molecule has 1 fully saturated rings. The van der Waals surface area contributed by atoms with E-state index in [0.29, 0.717) is 30.1 Å². The lowest BCUT2D eigenvalue weighted by atomic mass is 9.96. The van der Waals surface area contributed by atoms with Crippen LogP contribution in [0.2, 0.25) is 0 Å². The smallest absolute Gasteiger partial charge is 0.338 e. The van der Waals surface area contributed by atoms with Crippen LogP contribution in [0.5, 0.6) is 0 Å². The van der Waals surface area contributed by atoms with Crippen LogP contribution in [0.15, 0.2) is 35.1 Å². The largest absolute Gasteiger partial charge is 0.462 e. The van der Waals surface area contributed by atoms with Gasteiger partial charge in [0.1, 0.15) is 17.5 Å². The fourth-order valence-electron chi connectivity index (χ4n) is 3.71. The molecule has 1 amide bonds. The third-order valence-corrected chi connectivity index (χ3v) is 5.16. The summed E-state index contributed by atoms with van der Waals surface area (Å²) in [4.78, 5) is 35.5. The van der Waals surface area contributed by atoms with Crippen LogP contribution >= 0.6 is 0 Å². The summed E-state index contributed by atoms with van der Waals surface area (Å²) in [5.74, 6) is 0.0260. The van der Waals surface area contributed by atoms with Crippen LogP contribution < -0.4 is 10.2 Å². The number of piperidine rings is 1.